The molecule has 0 aliphatic heterocycles. The largest absolute Gasteiger partial charge is 0.341 e. The van der Waals surface area contributed by atoms with Gasteiger partial charge in [-0.3, -0.25) is 14.0 Å². The van der Waals surface area contributed by atoms with Gasteiger partial charge in [-0.25, -0.2) is 0 Å². The quantitative estimate of drug-likeness (QED) is 0.379. The second-order valence-electron chi connectivity index (χ2n) is 7.03. The zero-order valence-electron chi connectivity index (χ0n) is 16.9. The lowest BCUT2D eigenvalue weighted by atomic mass is 10.2. The average Bonchev–Trinajstić information content (AvgIpc) is 3.42. The van der Waals surface area contributed by atoms with Gasteiger partial charge in [0.25, 0.3) is 0 Å². The number of rotatable bonds is 8. The van der Waals surface area contributed by atoms with Crippen molar-refractivity contribution in [3.8, 4) is 5.69 Å². The average molecular weight is 453 g/mol. The van der Waals surface area contributed by atoms with E-state index in [1.165, 1.54) is 17.3 Å². The van der Waals surface area contributed by atoms with Crippen LogP contribution in [0.3, 0.4) is 0 Å². The summed E-state index contributed by atoms with van der Waals surface area (Å²) < 4.78 is 3.70. The molecule has 1 amide bonds. The molecule has 4 rings (SSSR count). The summed E-state index contributed by atoms with van der Waals surface area (Å²) in [4.78, 5) is 14.3. The Morgan fingerprint density at radius 1 is 1.13 bits per heavy atom. The van der Waals surface area contributed by atoms with Gasteiger partial charge in [-0.2, -0.15) is 5.10 Å². The van der Waals surface area contributed by atoms with E-state index in [1.54, 1.807) is 24.5 Å². The number of hydrogen-bond acceptors (Lipinski definition) is 5. The highest BCUT2D eigenvalue weighted by Gasteiger charge is 2.14. The highest BCUT2D eigenvalue weighted by Crippen LogP contribution is 2.22. The molecule has 2 heterocycles. The predicted molar refractivity (Wildman–Crippen MR) is 121 cm³/mol. The monoisotopic (exact) mass is 452 g/mol. The molecular weight excluding hydrogens is 432 g/mol. The van der Waals surface area contributed by atoms with E-state index >= 15 is 0 Å². The van der Waals surface area contributed by atoms with Crippen LogP contribution in [0.4, 0.5) is 0 Å². The first-order valence-electron chi connectivity index (χ1n) is 9.66. The molecule has 0 saturated heterocycles. The summed E-state index contributed by atoms with van der Waals surface area (Å²) in [5.41, 5.74) is 3.02. The van der Waals surface area contributed by atoms with Gasteiger partial charge in [0.2, 0.25) is 5.91 Å². The number of halogens is 1. The summed E-state index contributed by atoms with van der Waals surface area (Å²) in [5, 5.41) is 13.8. The molecule has 31 heavy (non-hydrogen) atoms. The van der Waals surface area contributed by atoms with Crippen LogP contribution in [-0.2, 0) is 17.9 Å². The zero-order chi connectivity index (χ0) is 21.6. The van der Waals surface area contributed by atoms with Crippen LogP contribution in [0.15, 0.2) is 78.5 Å². The maximum absolute atomic E-state index is 12.6. The molecule has 0 atom stereocenters. The number of benzene rings is 2. The van der Waals surface area contributed by atoms with Crippen LogP contribution < -0.4 is 0 Å². The second kappa shape index (κ2) is 9.80. The number of carbonyl (C=O) groups excluding carboxylic acids is 1. The topological polar surface area (TPSA) is 68.8 Å². The van der Waals surface area contributed by atoms with Crippen LogP contribution in [0.1, 0.15) is 11.1 Å². The lowest BCUT2D eigenvalue weighted by Gasteiger charge is -2.16. The fourth-order valence-electron chi connectivity index (χ4n) is 3.07. The van der Waals surface area contributed by atoms with Crippen LogP contribution >= 0.6 is 23.4 Å². The summed E-state index contributed by atoms with van der Waals surface area (Å²) in [6.07, 6.45) is 5.39. The first-order valence-corrected chi connectivity index (χ1v) is 11.0. The lowest BCUT2D eigenvalue weighted by molar-refractivity contribution is -0.127. The molecule has 0 radical (unpaired) electrons. The minimum atomic E-state index is 0.00135. The van der Waals surface area contributed by atoms with Crippen molar-refractivity contribution in [3.05, 3.63) is 89.5 Å². The Morgan fingerprint density at radius 3 is 2.77 bits per heavy atom. The van der Waals surface area contributed by atoms with Crippen LogP contribution in [0.25, 0.3) is 5.69 Å². The predicted octanol–water partition coefficient (Wildman–Crippen LogP) is 3.92. The highest BCUT2D eigenvalue weighted by molar-refractivity contribution is 7.99. The summed E-state index contributed by atoms with van der Waals surface area (Å²) in [7, 11) is 1.79. The molecule has 158 valence electrons. The van der Waals surface area contributed by atoms with Gasteiger partial charge in [-0.15, -0.1) is 10.2 Å². The maximum atomic E-state index is 12.6. The normalized spacial score (nSPS) is 10.9. The van der Waals surface area contributed by atoms with Crippen molar-refractivity contribution in [2.45, 2.75) is 18.2 Å². The zero-order valence-corrected chi connectivity index (χ0v) is 18.5. The van der Waals surface area contributed by atoms with E-state index in [1.807, 2.05) is 57.9 Å². The molecule has 0 saturated carbocycles. The molecule has 7 nitrogen and oxygen atoms in total. The van der Waals surface area contributed by atoms with Crippen LogP contribution in [0, 0.1) is 0 Å². The smallest absolute Gasteiger partial charge is 0.233 e. The minimum absolute atomic E-state index is 0.00135. The van der Waals surface area contributed by atoms with Crippen molar-refractivity contribution < 1.29 is 4.79 Å². The highest BCUT2D eigenvalue weighted by atomic mass is 35.5. The fraction of sp³-hybridized carbons (Fsp3) is 0.182. The van der Waals surface area contributed by atoms with Crippen LogP contribution in [0.2, 0.25) is 5.02 Å². The van der Waals surface area contributed by atoms with E-state index in [0.29, 0.717) is 23.3 Å². The number of hydrogen-bond donors (Lipinski definition) is 0. The van der Waals surface area contributed by atoms with Gasteiger partial charge in [-0.05, 0) is 23.8 Å². The summed E-state index contributed by atoms with van der Waals surface area (Å²) in [5.74, 6) is 0.259. The molecule has 0 aliphatic carbocycles. The Morgan fingerprint density at radius 2 is 1.97 bits per heavy atom. The molecule has 0 spiro atoms. The van der Waals surface area contributed by atoms with Gasteiger partial charge in [-0.1, -0.05) is 59.8 Å². The van der Waals surface area contributed by atoms with Crippen LogP contribution in [-0.4, -0.2) is 48.2 Å². The fourth-order valence-corrected chi connectivity index (χ4v) is 4.12. The Labute approximate surface area is 189 Å². The molecule has 0 aliphatic rings. The van der Waals surface area contributed by atoms with E-state index in [2.05, 4.69) is 27.4 Å². The summed E-state index contributed by atoms with van der Waals surface area (Å²) >= 11 is 7.42. The molecule has 2 aromatic carbocycles. The molecule has 0 bridgehead atoms. The van der Waals surface area contributed by atoms with Crippen molar-refractivity contribution >= 4 is 29.3 Å². The maximum Gasteiger partial charge on any atom is 0.233 e. The summed E-state index contributed by atoms with van der Waals surface area (Å²) in [6, 6.07) is 17.6. The third-order valence-electron chi connectivity index (χ3n) is 4.65. The number of thioether (sulfide) groups is 1. The van der Waals surface area contributed by atoms with E-state index in [0.717, 1.165) is 11.3 Å². The molecule has 0 unspecified atom stereocenters. The van der Waals surface area contributed by atoms with Crippen LogP contribution in [0.5, 0.6) is 0 Å². The molecule has 2 aromatic heterocycles. The van der Waals surface area contributed by atoms with Gasteiger partial charge in [0.05, 0.1) is 24.2 Å². The Kier molecular flexibility index (Phi) is 6.69. The first kappa shape index (κ1) is 21.1. The Bertz CT molecular complexity index is 1160. The lowest BCUT2D eigenvalue weighted by Crippen LogP contribution is -2.27. The van der Waals surface area contributed by atoms with Gasteiger partial charge < -0.3 is 4.90 Å². The number of nitrogens with zero attached hydrogens (tertiary/aromatic N) is 6. The van der Waals surface area contributed by atoms with Gasteiger partial charge in [0, 0.05) is 30.4 Å². The first-order chi connectivity index (χ1) is 15.1. The van der Waals surface area contributed by atoms with Gasteiger partial charge >= 0.3 is 0 Å². The van der Waals surface area contributed by atoms with E-state index in [9.17, 15) is 4.79 Å². The van der Waals surface area contributed by atoms with E-state index in [4.69, 9.17) is 11.6 Å². The van der Waals surface area contributed by atoms with Crippen molar-refractivity contribution in [3.63, 3.8) is 0 Å². The summed E-state index contributed by atoms with van der Waals surface area (Å²) in [6.45, 7) is 1.20. The molecule has 0 fully saturated rings. The molecule has 4 aromatic rings. The molecular formula is C22H21ClN6OS. The third kappa shape index (κ3) is 5.53. The number of aromatic nitrogens is 5. The Hall–Kier alpha value is -3.10. The Balaban J connectivity index is 1.32. The van der Waals surface area contributed by atoms with Crippen molar-refractivity contribution in [1.29, 1.82) is 0 Å². The molecule has 0 N–H and O–H groups in total. The van der Waals surface area contributed by atoms with Crippen molar-refractivity contribution in [2.75, 3.05) is 12.8 Å². The minimum Gasteiger partial charge on any atom is -0.341 e. The van der Waals surface area contributed by atoms with E-state index < -0.39 is 0 Å². The second-order valence-corrected chi connectivity index (χ2v) is 8.41. The standard InChI is InChI=1S/C22H21ClN6OS/c1-27(12-18-11-25-28(14-18)13-17-6-3-2-4-7-17)21(30)15-31-22-26-24-16-29(22)20-9-5-8-19(23)10-20/h2-11,14,16H,12-13,15H2,1H3. The van der Waals surface area contributed by atoms with E-state index in [-0.39, 0.29) is 11.7 Å². The molecule has 9 heteroatoms. The number of amides is 1. The number of carbonyl (C=O) groups is 1. The van der Waals surface area contributed by atoms with Crippen molar-refractivity contribution in [2.24, 2.45) is 0 Å². The van der Waals surface area contributed by atoms with Gasteiger partial charge in [0.15, 0.2) is 5.16 Å². The van der Waals surface area contributed by atoms with Gasteiger partial charge in [0.1, 0.15) is 6.33 Å². The van der Waals surface area contributed by atoms with Crippen molar-refractivity contribution in [1.82, 2.24) is 29.4 Å². The SMILES string of the molecule is CN(Cc1cnn(Cc2ccccc2)c1)C(=O)CSc1nncn1-c1cccc(Cl)c1. The third-order valence-corrected chi connectivity index (χ3v) is 5.81.